The van der Waals surface area contributed by atoms with Crippen molar-refractivity contribution in [3.05, 3.63) is 35.4 Å². The van der Waals surface area contributed by atoms with E-state index in [-0.39, 0.29) is 6.54 Å². The van der Waals surface area contributed by atoms with Gasteiger partial charge in [-0.05, 0) is 0 Å². The van der Waals surface area contributed by atoms with E-state index in [0.717, 1.165) is 22.7 Å². The average molecular weight is 437 g/mol. The normalized spacial score (nSPS) is 13.4. The first-order valence-corrected chi connectivity index (χ1v) is 12.3. The third-order valence-electron chi connectivity index (χ3n) is 2.22. The summed E-state index contributed by atoms with van der Waals surface area (Å²) in [6.07, 6.45) is -3.45. The van der Waals surface area contributed by atoms with Crippen molar-refractivity contribution in [2.75, 3.05) is 6.26 Å². The number of alkyl halides is 3. The average Bonchev–Trinajstić information content (AvgIpc) is 2.25. The summed E-state index contributed by atoms with van der Waals surface area (Å²) >= 11 is -2.36. The van der Waals surface area contributed by atoms with Crippen molar-refractivity contribution in [2.24, 2.45) is 0 Å². The zero-order valence-corrected chi connectivity index (χ0v) is 14.1. The number of halogens is 5. The first-order chi connectivity index (χ1) is 9.00. The van der Waals surface area contributed by atoms with E-state index in [1.54, 1.807) is 0 Å². The molecule has 1 aromatic rings. The molecule has 0 bridgehead atoms. The zero-order chi connectivity index (χ0) is 15.6. The summed E-state index contributed by atoms with van der Waals surface area (Å²) in [5.74, 6) is 0. The summed E-state index contributed by atoms with van der Waals surface area (Å²) in [6, 6.07) is 4.22. The van der Waals surface area contributed by atoms with Gasteiger partial charge in [0.25, 0.3) is 0 Å². The van der Waals surface area contributed by atoms with Gasteiger partial charge in [0, 0.05) is 0 Å². The van der Waals surface area contributed by atoms with Crippen LogP contribution in [0.3, 0.4) is 0 Å². The molecule has 0 aromatic heterocycles. The monoisotopic (exact) mass is 437 g/mol. The van der Waals surface area contributed by atoms with Crippen LogP contribution in [-0.4, -0.2) is 23.7 Å². The molecule has 0 atom stereocenters. The number of sulfonamides is 1. The molecule has 0 saturated carbocycles. The molecule has 0 aliphatic heterocycles. The quantitative estimate of drug-likeness (QED) is 0.679. The third-order valence-corrected chi connectivity index (χ3v) is 5.29. The van der Waals surface area contributed by atoms with Crippen molar-refractivity contribution < 1.29 is 35.1 Å². The predicted molar refractivity (Wildman–Crippen MR) is 69.6 cm³/mol. The number of hydrogen-bond acceptors (Lipinski definition) is 2. The Morgan fingerprint density at radius 1 is 1.25 bits per heavy atom. The van der Waals surface area contributed by atoms with E-state index in [0.29, 0.717) is 5.56 Å². The van der Waals surface area contributed by atoms with Gasteiger partial charge in [-0.3, -0.25) is 0 Å². The van der Waals surface area contributed by atoms with Gasteiger partial charge in [-0.2, -0.15) is 0 Å². The Morgan fingerprint density at radius 2 is 1.75 bits per heavy atom. The van der Waals surface area contributed by atoms with Gasteiger partial charge in [0.05, 0.1) is 0 Å². The van der Waals surface area contributed by atoms with Crippen molar-refractivity contribution in [1.82, 2.24) is 4.31 Å². The van der Waals surface area contributed by atoms with Gasteiger partial charge in [0.1, 0.15) is 0 Å². The van der Waals surface area contributed by atoms with Crippen LogP contribution in [0, 0.1) is 0 Å². The van der Waals surface area contributed by atoms with E-state index in [1.165, 1.54) is 16.9 Å². The van der Waals surface area contributed by atoms with Gasteiger partial charge in [-0.1, -0.05) is 0 Å². The minimum atomic E-state index is -4.42. The summed E-state index contributed by atoms with van der Waals surface area (Å²) in [7, 11) is 7.68. The molecule has 1 aromatic carbocycles. The maximum absolute atomic E-state index is 12.4. The molecule has 10 heteroatoms. The Hall–Kier alpha value is -0.00662. The van der Waals surface area contributed by atoms with Gasteiger partial charge in [0.2, 0.25) is 0 Å². The van der Waals surface area contributed by atoms with E-state index < -0.39 is 35.3 Å². The molecule has 1 rings (SSSR count). The number of hydrogen-bond donors (Lipinski definition) is 0. The van der Waals surface area contributed by atoms with E-state index >= 15 is 0 Å². The van der Waals surface area contributed by atoms with Crippen molar-refractivity contribution in [2.45, 2.75) is 12.7 Å². The van der Waals surface area contributed by atoms with Gasteiger partial charge >= 0.3 is 128 Å². The van der Waals surface area contributed by atoms with Crippen LogP contribution in [0.4, 0.5) is 13.2 Å². The first-order valence-electron chi connectivity index (χ1n) is 4.96. The molecule has 0 heterocycles. The molecule has 0 saturated heterocycles. The molecule has 0 fully saturated rings. The second kappa shape index (κ2) is 6.84. The molecule has 3 nitrogen and oxygen atoms in total. The van der Waals surface area contributed by atoms with Crippen molar-refractivity contribution in [3.63, 3.8) is 0 Å². The third kappa shape index (κ3) is 5.78. The van der Waals surface area contributed by atoms with Crippen LogP contribution in [0.2, 0.25) is 0 Å². The molecular formula is C10H10Cl2F3NO2RuS. The summed E-state index contributed by atoms with van der Waals surface area (Å²) < 4.78 is 62.4. The molecule has 116 valence electrons. The minimum absolute atomic E-state index is 0.110. The summed E-state index contributed by atoms with van der Waals surface area (Å²) in [4.78, 5) is 0. The molecule has 0 amide bonds. The second-order valence-electron chi connectivity index (χ2n) is 3.80. The van der Waals surface area contributed by atoms with Crippen LogP contribution in [0.25, 0.3) is 0 Å². The zero-order valence-electron chi connectivity index (χ0n) is 10.0. The van der Waals surface area contributed by atoms with E-state index in [2.05, 4.69) is 0 Å². The van der Waals surface area contributed by atoms with E-state index in [1.807, 2.05) is 0 Å². The fraction of sp³-hybridized carbons (Fsp3) is 0.300. The van der Waals surface area contributed by atoms with Gasteiger partial charge in [0.15, 0.2) is 0 Å². The molecule has 20 heavy (non-hydrogen) atoms. The summed E-state index contributed by atoms with van der Waals surface area (Å²) in [5, 5.41) is 0. The van der Waals surface area contributed by atoms with Gasteiger partial charge in [-0.25, -0.2) is 0 Å². The summed E-state index contributed by atoms with van der Waals surface area (Å²) in [5.41, 5.74) is -0.387. The van der Waals surface area contributed by atoms with Gasteiger partial charge < -0.3 is 0 Å². The van der Waals surface area contributed by atoms with Crippen molar-refractivity contribution in [3.8, 4) is 0 Å². The second-order valence-corrected chi connectivity index (χ2v) is 11.4. The fourth-order valence-corrected chi connectivity index (χ4v) is 5.24. The maximum atomic E-state index is 12.4. The number of rotatable bonds is 4. The standard InChI is InChI=1S/C10H10F3NO2S.2ClH.Ru/c1-14(17(2,15)16)7-8-3-5-9(6-4-8)10(11,12)13;;;/h1,3-6H,7H2,2H3;2*1H;/q;;;+2/p-2. The van der Waals surface area contributed by atoms with Crippen molar-refractivity contribution in [1.29, 1.82) is 0 Å². The van der Waals surface area contributed by atoms with Gasteiger partial charge in [-0.15, -0.1) is 0 Å². The molecule has 0 N–H and O–H groups in total. The molecule has 0 aliphatic carbocycles. The van der Waals surface area contributed by atoms with Crippen LogP contribution in [0.5, 0.6) is 0 Å². The van der Waals surface area contributed by atoms with Crippen molar-refractivity contribution >= 4 is 34.1 Å². The Bertz CT molecular complexity index is 598. The van der Waals surface area contributed by atoms with E-state index in [4.69, 9.17) is 19.4 Å². The van der Waals surface area contributed by atoms with Crippen LogP contribution < -0.4 is 0 Å². The number of nitrogens with zero attached hydrogens (tertiary/aromatic N) is 1. The first kappa shape index (κ1) is 18.0. The Morgan fingerprint density at radius 3 is 2.10 bits per heavy atom. The van der Waals surface area contributed by atoms with Crippen LogP contribution in [0.15, 0.2) is 24.3 Å². The Balaban J connectivity index is 2.99. The number of benzene rings is 1. The SMILES string of the molecule is CS(=O)(=O)N([CH]=[Ru]([Cl])[Cl])Cc1ccc(C(F)(F)F)cc1. The van der Waals surface area contributed by atoms with Crippen LogP contribution in [0.1, 0.15) is 11.1 Å². The molecular weight excluding hydrogens is 427 g/mol. The van der Waals surface area contributed by atoms with Crippen LogP contribution >= 0.6 is 19.4 Å². The molecule has 0 aliphatic rings. The topological polar surface area (TPSA) is 37.4 Å². The summed E-state index contributed by atoms with van der Waals surface area (Å²) in [6.45, 7) is -0.110. The van der Waals surface area contributed by atoms with E-state index in [9.17, 15) is 21.6 Å². The Labute approximate surface area is 127 Å². The van der Waals surface area contributed by atoms with Crippen LogP contribution in [-0.2, 0) is 36.3 Å². The molecule has 0 unspecified atom stereocenters. The Kier molecular flexibility index (Phi) is 6.17. The molecule has 0 spiro atoms. The fourth-order valence-electron chi connectivity index (χ4n) is 1.27. The molecule has 0 radical (unpaired) electrons. The predicted octanol–water partition coefficient (Wildman–Crippen LogP) is 3.15.